The predicted octanol–water partition coefficient (Wildman–Crippen LogP) is 3.08. The number of aryl methyl sites for hydroxylation is 1. The maximum Gasteiger partial charge on any atom is 0.243 e. The predicted molar refractivity (Wildman–Crippen MR) is 134 cm³/mol. The molecule has 4 aromatic rings. The van der Waals surface area contributed by atoms with Crippen LogP contribution in [0.4, 0.5) is 0 Å². The molecule has 184 valence electrons. The van der Waals surface area contributed by atoms with Crippen molar-refractivity contribution in [2.75, 3.05) is 19.6 Å². The number of para-hydroxylation sites is 1. The van der Waals surface area contributed by atoms with Gasteiger partial charge < -0.3 is 10.3 Å². The van der Waals surface area contributed by atoms with Gasteiger partial charge in [0.25, 0.3) is 0 Å². The van der Waals surface area contributed by atoms with E-state index in [4.69, 9.17) is 0 Å². The summed E-state index contributed by atoms with van der Waals surface area (Å²) in [6.45, 7) is 3.88. The Labute approximate surface area is 204 Å². The third-order valence-electron chi connectivity index (χ3n) is 6.68. The quantitative estimate of drug-likeness (QED) is 0.391. The van der Waals surface area contributed by atoms with Crippen LogP contribution in [0.5, 0.6) is 0 Å². The number of hydrogen-bond donors (Lipinski definition) is 2. The largest absolute Gasteiger partial charge is 0.361 e. The molecule has 0 spiro atoms. The Hall–Kier alpha value is -3.24. The van der Waals surface area contributed by atoms with Crippen LogP contribution >= 0.6 is 0 Å². The first-order chi connectivity index (χ1) is 17.0. The van der Waals surface area contributed by atoms with Gasteiger partial charge in [0.05, 0.1) is 16.3 Å². The lowest BCUT2D eigenvalue weighted by molar-refractivity contribution is -0.126. The molecule has 0 saturated carbocycles. The standard InChI is InChI=1S/C25H30N6O3S/c1-2-13-31-24-10-9-20(15-23(24)28-29-31)35(33,34)30-14-5-6-19(17-30)25(32)26-12-11-18-16-27-22-8-4-3-7-21(18)22/h3-4,7-10,15-16,19,27H,2,5-6,11-14,17H2,1H3,(H,26,32). The van der Waals surface area contributed by atoms with Gasteiger partial charge in [0.2, 0.25) is 15.9 Å². The number of carbonyl (C=O) groups is 1. The van der Waals surface area contributed by atoms with E-state index in [0.29, 0.717) is 37.9 Å². The average Bonchev–Trinajstić information content (AvgIpc) is 3.48. The number of sulfonamides is 1. The molecule has 2 N–H and O–H groups in total. The molecule has 3 heterocycles. The molecular formula is C25H30N6O3S. The molecule has 1 aliphatic rings. The van der Waals surface area contributed by atoms with Crippen molar-refractivity contribution in [1.29, 1.82) is 0 Å². The number of H-pyrrole nitrogens is 1. The summed E-state index contributed by atoms with van der Waals surface area (Å²) in [4.78, 5) is 16.3. The van der Waals surface area contributed by atoms with Crippen LogP contribution in [0, 0.1) is 5.92 Å². The van der Waals surface area contributed by atoms with Crippen LogP contribution in [0.15, 0.2) is 53.6 Å². The third-order valence-corrected chi connectivity index (χ3v) is 8.54. The van der Waals surface area contributed by atoms with E-state index in [1.165, 1.54) is 4.31 Å². The van der Waals surface area contributed by atoms with Crippen molar-refractivity contribution < 1.29 is 13.2 Å². The van der Waals surface area contributed by atoms with Gasteiger partial charge in [0, 0.05) is 43.3 Å². The van der Waals surface area contributed by atoms with Gasteiger partial charge in [0.15, 0.2) is 0 Å². The van der Waals surface area contributed by atoms with Gasteiger partial charge in [-0.1, -0.05) is 30.3 Å². The van der Waals surface area contributed by atoms with Crippen molar-refractivity contribution in [2.45, 2.75) is 44.0 Å². The normalized spacial score (nSPS) is 17.2. The van der Waals surface area contributed by atoms with Crippen LogP contribution in [0.2, 0.25) is 0 Å². The van der Waals surface area contributed by atoms with Gasteiger partial charge >= 0.3 is 0 Å². The van der Waals surface area contributed by atoms with E-state index in [1.807, 2.05) is 24.4 Å². The molecule has 5 rings (SSSR count). The number of nitrogens with one attached hydrogen (secondary N) is 2. The molecule has 0 radical (unpaired) electrons. The van der Waals surface area contributed by atoms with Gasteiger partial charge in [-0.15, -0.1) is 5.10 Å². The zero-order chi connectivity index (χ0) is 24.4. The Morgan fingerprint density at radius 1 is 1.23 bits per heavy atom. The lowest BCUT2D eigenvalue weighted by Crippen LogP contribution is -2.45. The topological polar surface area (TPSA) is 113 Å². The molecule has 1 atom stereocenters. The van der Waals surface area contributed by atoms with E-state index in [2.05, 4.69) is 33.6 Å². The minimum Gasteiger partial charge on any atom is -0.361 e. The third kappa shape index (κ3) is 4.68. The van der Waals surface area contributed by atoms with Crippen molar-refractivity contribution >= 4 is 37.9 Å². The Morgan fingerprint density at radius 2 is 2.09 bits per heavy atom. The highest BCUT2D eigenvalue weighted by molar-refractivity contribution is 7.89. The van der Waals surface area contributed by atoms with E-state index < -0.39 is 10.0 Å². The molecule has 1 amide bonds. The molecule has 1 unspecified atom stereocenters. The Bertz CT molecular complexity index is 1460. The minimum atomic E-state index is -3.73. The summed E-state index contributed by atoms with van der Waals surface area (Å²) in [6.07, 6.45) is 4.92. The molecule has 35 heavy (non-hydrogen) atoms. The highest BCUT2D eigenvalue weighted by Crippen LogP contribution is 2.26. The Morgan fingerprint density at radius 3 is 2.94 bits per heavy atom. The first kappa shape index (κ1) is 23.5. The van der Waals surface area contributed by atoms with Gasteiger partial charge in [-0.05, 0) is 55.5 Å². The van der Waals surface area contributed by atoms with Crippen molar-refractivity contribution in [2.24, 2.45) is 5.92 Å². The van der Waals surface area contributed by atoms with Gasteiger partial charge in [-0.3, -0.25) is 4.79 Å². The maximum atomic E-state index is 13.4. The van der Waals surface area contributed by atoms with Crippen LogP contribution in [-0.2, 0) is 27.8 Å². The SMILES string of the molecule is CCCn1nnc2cc(S(=O)(=O)N3CCCC(C(=O)NCCc4c[nH]c5ccccc45)C3)ccc21. The molecule has 2 aromatic heterocycles. The summed E-state index contributed by atoms with van der Waals surface area (Å²) in [5, 5.41) is 12.4. The van der Waals surface area contributed by atoms with Crippen LogP contribution < -0.4 is 5.32 Å². The molecule has 9 nitrogen and oxygen atoms in total. The van der Waals surface area contributed by atoms with Crippen molar-refractivity contribution in [3.05, 3.63) is 54.2 Å². The van der Waals surface area contributed by atoms with Crippen LogP contribution in [-0.4, -0.2) is 58.2 Å². The number of piperidine rings is 1. The number of hydrogen-bond acceptors (Lipinski definition) is 5. The first-order valence-corrected chi connectivity index (χ1v) is 13.6. The van der Waals surface area contributed by atoms with Crippen molar-refractivity contribution in [1.82, 2.24) is 29.6 Å². The fraction of sp³-hybridized carbons (Fsp3) is 0.400. The smallest absolute Gasteiger partial charge is 0.243 e. The summed E-state index contributed by atoms with van der Waals surface area (Å²) in [5.74, 6) is -0.460. The highest BCUT2D eigenvalue weighted by Gasteiger charge is 2.33. The fourth-order valence-corrected chi connectivity index (χ4v) is 6.36. The summed E-state index contributed by atoms with van der Waals surface area (Å²) in [5.41, 5.74) is 3.60. The zero-order valence-corrected chi connectivity index (χ0v) is 20.6. The minimum absolute atomic E-state index is 0.0947. The molecule has 0 aliphatic carbocycles. The molecule has 2 aromatic carbocycles. The van der Waals surface area contributed by atoms with E-state index in [1.54, 1.807) is 22.9 Å². The lowest BCUT2D eigenvalue weighted by atomic mass is 9.99. The number of fused-ring (bicyclic) bond motifs is 2. The molecule has 1 fully saturated rings. The Balaban J connectivity index is 1.23. The number of benzene rings is 2. The van der Waals surface area contributed by atoms with Crippen LogP contribution in [0.1, 0.15) is 31.7 Å². The maximum absolute atomic E-state index is 13.4. The average molecular weight is 495 g/mol. The summed E-state index contributed by atoms with van der Waals surface area (Å²) < 4.78 is 29.9. The number of amides is 1. The second-order valence-electron chi connectivity index (χ2n) is 9.07. The van der Waals surface area contributed by atoms with Gasteiger partial charge in [0.1, 0.15) is 5.52 Å². The summed E-state index contributed by atoms with van der Waals surface area (Å²) in [6, 6.07) is 13.0. The number of carbonyl (C=O) groups excluding carboxylic acids is 1. The second-order valence-corrected chi connectivity index (χ2v) is 11.0. The van der Waals surface area contributed by atoms with E-state index in [0.717, 1.165) is 34.9 Å². The van der Waals surface area contributed by atoms with Gasteiger partial charge in [-0.2, -0.15) is 4.31 Å². The van der Waals surface area contributed by atoms with Crippen molar-refractivity contribution in [3.8, 4) is 0 Å². The monoisotopic (exact) mass is 494 g/mol. The van der Waals surface area contributed by atoms with Crippen LogP contribution in [0.3, 0.4) is 0 Å². The lowest BCUT2D eigenvalue weighted by Gasteiger charge is -2.31. The number of rotatable bonds is 8. The molecule has 10 heteroatoms. The van der Waals surface area contributed by atoms with E-state index >= 15 is 0 Å². The molecule has 1 saturated heterocycles. The summed E-state index contributed by atoms with van der Waals surface area (Å²) >= 11 is 0. The first-order valence-electron chi connectivity index (χ1n) is 12.1. The molecule has 0 bridgehead atoms. The highest BCUT2D eigenvalue weighted by atomic mass is 32.2. The number of aromatic amines is 1. The zero-order valence-electron chi connectivity index (χ0n) is 19.8. The molecular weight excluding hydrogens is 464 g/mol. The number of nitrogens with zero attached hydrogens (tertiary/aromatic N) is 4. The Kier molecular flexibility index (Phi) is 6.57. The van der Waals surface area contributed by atoms with E-state index in [9.17, 15) is 13.2 Å². The summed E-state index contributed by atoms with van der Waals surface area (Å²) in [7, 11) is -3.73. The van der Waals surface area contributed by atoms with Crippen molar-refractivity contribution in [3.63, 3.8) is 0 Å². The molecule has 1 aliphatic heterocycles. The van der Waals surface area contributed by atoms with Gasteiger partial charge in [-0.25, -0.2) is 13.1 Å². The fourth-order valence-electron chi connectivity index (χ4n) is 4.82. The second kappa shape index (κ2) is 9.79. The number of aromatic nitrogens is 4. The van der Waals surface area contributed by atoms with E-state index in [-0.39, 0.29) is 23.3 Å². The van der Waals surface area contributed by atoms with Crippen LogP contribution in [0.25, 0.3) is 21.9 Å².